The molecule has 0 radical (unpaired) electrons. The van der Waals surface area contributed by atoms with E-state index in [2.05, 4.69) is 9.97 Å². The van der Waals surface area contributed by atoms with Crippen LogP contribution >= 0.6 is 11.3 Å². The second-order valence-electron chi connectivity index (χ2n) is 3.75. The van der Waals surface area contributed by atoms with Crippen LogP contribution in [0.1, 0.15) is 10.4 Å². The summed E-state index contributed by atoms with van der Waals surface area (Å²) in [5, 5.41) is 0.714. The summed E-state index contributed by atoms with van der Waals surface area (Å²) in [5.74, 6) is -0.489. The molecule has 0 saturated carbocycles. The number of hydrogen-bond donors (Lipinski definition) is 1. The van der Waals surface area contributed by atoms with Crippen molar-refractivity contribution in [1.82, 2.24) is 9.97 Å². The Morgan fingerprint density at radius 3 is 2.78 bits per heavy atom. The van der Waals surface area contributed by atoms with E-state index in [1.807, 2.05) is 24.3 Å². The van der Waals surface area contributed by atoms with Crippen molar-refractivity contribution in [3.8, 4) is 10.7 Å². The Bertz CT molecular complexity index is 703. The zero-order valence-electron chi connectivity index (χ0n) is 9.33. The first-order valence-corrected chi connectivity index (χ1v) is 6.18. The standard InChI is InChI=1S/C13H9N3OS/c14-12(17)8-4-3-7-15-11(8)13-16-9-5-1-2-6-10(9)18-13/h1-7H,(H2,14,17). The van der Waals surface area contributed by atoms with Crippen molar-refractivity contribution in [1.29, 1.82) is 0 Å². The minimum absolute atomic E-state index is 0.400. The maximum atomic E-state index is 11.4. The van der Waals surface area contributed by atoms with Gasteiger partial charge in [0.2, 0.25) is 0 Å². The number of amides is 1. The van der Waals surface area contributed by atoms with Gasteiger partial charge in [0, 0.05) is 6.20 Å². The number of rotatable bonds is 2. The van der Waals surface area contributed by atoms with Crippen molar-refractivity contribution in [2.24, 2.45) is 5.73 Å². The zero-order valence-corrected chi connectivity index (χ0v) is 10.1. The summed E-state index contributed by atoms with van der Waals surface area (Å²) in [6.45, 7) is 0. The number of carbonyl (C=O) groups excluding carboxylic acids is 1. The molecule has 0 aliphatic carbocycles. The first-order chi connectivity index (χ1) is 8.75. The number of pyridine rings is 1. The number of nitrogens with zero attached hydrogens (tertiary/aromatic N) is 2. The molecule has 0 bridgehead atoms. The summed E-state index contributed by atoms with van der Waals surface area (Å²) >= 11 is 1.50. The van der Waals surface area contributed by atoms with Crippen LogP contribution in [0.2, 0.25) is 0 Å². The molecular formula is C13H9N3OS. The molecule has 0 aliphatic rings. The van der Waals surface area contributed by atoms with E-state index < -0.39 is 5.91 Å². The van der Waals surface area contributed by atoms with Crippen molar-refractivity contribution < 1.29 is 4.79 Å². The van der Waals surface area contributed by atoms with Crippen molar-refractivity contribution in [3.63, 3.8) is 0 Å². The van der Waals surface area contributed by atoms with E-state index in [0.717, 1.165) is 10.2 Å². The number of para-hydroxylation sites is 1. The first-order valence-electron chi connectivity index (χ1n) is 5.36. The number of fused-ring (bicyclic) bond motifs is 1. The highest BCUT2D eigenvalue weighted by molar-refractivity contribution is 7.21. The van der Waals surface area contributed by atoms with Crippen LogP contribution in [0.25, 0.3) is 20.9 Å². The van der Waals surface area contributed by atoms with Gasteiger partial charge < -0.3 is 5.73 Å². The molecular weight excluding hydrogens is 246 g/mol. The molecule has 0 atom stereocenters. The number of aromatic nitrogens is 2. The van der Waals surface area contributed by atoms with Gasteiger partial charge in [0.25, 0.3) is 5.91 Å². The smallest absolute Gasteiger partial charge is 0.251 e. The predicted molar refractivity (Wildman–Crippen MR) is 71.4 cm³/mol. The number of thiazole rings is 1. The highest BCUT2D eigenvalue weighted by Gasteiger charge is 2.14. The van der Waals surface area contributed by atoms with Gasteiger partial charge in [0.05, 0.1) is 15.8 Å². The predicted octanol–water partition coefficient (Wildman–Crippen LogP) is 2.46. The van der Waals surface area contributed by atoms with Crippen LogP contribution in [0, 0.1) is 0 Å². The number of nitrogens with two attached hydrogens (primary N) is 1. The second-order valence-corrected chi connectivity index (χ2v) is 4.78. The Kier molecular flexibility index (Phi) is 2.53. The Labute approximate surface area is 107 Å². The van der Waals surface area contributed by atoms with Gasteiger partial charge in [-0.3, -0.25) is 9.78 Å². The molecule has 5 heteroatoms. The van der Waals surface area contributed by atoms with E-state index in [-0.39, 0.29) is 0 Å². The third-order valence-corrected chi connectivity index (χ3v) is 3.61. The molecule has 2 N–H and O–H groups in total. The average Bonchev–Trinajstić information content (AvgIpc) is 2.82. The van der Waals surface area contributed by atoms with E-state index in [9.17, 15) is 4.79 Å². The highest BCUT2D eigenvalue weighted by Crippen LogP contribution is 2.30. The molecule has 88 valence electrons. The molecule has 0 spiro atoms. The normalized spacial score (nSPS) is 10.7. The van der Waals surface area contributed by atoms with Gasteiger partial charge in [0.1, 0.15) is 10.7 Å². The van der Waals surface area contributed by atoms with E-state index >= 15 is 0 Å². The molecule has 0 aliphatic heterocycles. The van der Waals surface area contributed by atoms with Gasteiger partial charge in [-0.05, 0) is 24.3 Å². The van der Waals surface area contributed by atoms with E-state index in [1.54, 1.807) is 18.3 Å². The number of primary amides is 1. The second kappa shape index (κ2) is 4.19. The third-order valence-electron chi connectivity index (χ3n) is 2.57. The largest absolute Gasteiger partial charge is 0.366 e. The minimum Gasteiger partial charge on any atom is -0.366 e. The van der Waals surface area contributed by atoms with Crippen LogP contribution in [0.4, 0.5) is 0 Å². The van der Waals surface area contributed by atoms with Crippen LogP contribution in [0.15, 0.2) is 42.6 Å². The molecule has 3 rings (SSSR count). The molecule has 0 saturated heterocycles. The molecule has 0 fully saturated rings. The molecule has 0 unspecified atom stereocenters. The summed E-state index contributed by atoms with van der Waals surface area (Å²) in [6.07, 6.45) is 1.63. The molecule has 4 nitrogen and oxygen atoms in total. The summed E-state index contributed by atoms with van der Waals surface area (Å²) in [7, 11) is 0. The quantitative estimate of drug-likeness (QED) is 0.764. The molecule has 3 aromatic rings. The maximum absolute atomic E-state index is 11.4. The van der Waals surface area contributed by atoms with Crippen LogP contribution in [0.5, 0.6) is 0 Å². The lowest BCUT2D eigenvalue weighted by Crippen LogP contribution is -2.12. The lowest BCUT2D eigenvalue weighted by atomic mass is 10.2. The summed E-state index contributed by atoms with van der Waals surface area (Å²) in [4.78, 5) is 20.1. The fourth-order valence-electron chi connectivity index (χ4n) is 1.75. The lowest BCUT2D eigenvalue weighted by molar-refractivity contribution is 0.100. The van der Waals surface area contributed by atoms with Crippen LogP contribution in [-0.2, 0) is 0 Å². The van der Waals surface area contributed by atoms with Crippen molar-refractivity contribution in [2.75, 3.05) is 0 Å². The Hall–Kier alpha value is -2.27. The van der Waals surface area contributed by atoms with E-state index in [0.29, 0.717) is 16.3 Å². The van der Waals surface area contributed by atoms with Gasteiger partial charge in [-0.15, -0.1) is 11.3 Å². The topological polar surface area (TPSA) is 68.9 Å². The molecule has 2 heterocycles. The van der Waals surface area contributed by atoms with Crippen molar-refractivity contribution >= 4 is 27.5 Å². The van der Waals surface area contributed by atoms with E-state index in [4.69, 9.17) is 5.73 Å². The molecule has 1 amide bonds. The Balaban J connectivity index is 2.23. The number of carbonyl (C=O) groups is 1. The summed E-state index contributed by atoms with van der Waals surface area (Å²) in [6, 6.07) is 11.2. The Morgan fingerprint density at radius 2 is 2.00 bits per heavy atom. The highest BCUT2D eigenvalue weighted by atomic mass is 32.1. The van der Waals surface area contributed by atoms with Gasteiger partial charge in [0.15, 0.2) is 0 Å². The first kappa shape index (κ1) is 10.9. The fraction of sp³-hybridized carbons (Fsp3) is 0. The average molecular weight is 255 g/mol. The SMILES string of the molecule is NC(=O)c1cccnc1-c1nc2ccccc2s1. The lowest BCUT2D eigenvalue weighted by Gasteiger charge is -2.00. The fourth-order valence-corrected chi connectivity index (χ4v) is 2.72. The summed E-state index contributed by atoms with van der Waals surface area (Å²) < 4.78 is 1.06. The van der Waals surface area contributed by atoms with Gasteiger partial charge in [-0.25, -0.2) is 4.98 Å². The van der Waals surface area contributed by atoms with Crippen molar-refractivity contribution in [3.05, 3.63) is 48.2 Å². The summed E-state index contributed by atoms with van der Waals surface area (Å²) in [5.41, 5.74) is 7.19. The third kappa shape index (κ3) is 1.74. The monoisotopic (exact) mass is 255 g/mol. The molecule has 18 heavy (non-hydrogen) atoms. The van der Waals surface area contributed by atoms with E-state index in [1.165, 1.54) is 11.3 Å². The van der Waals surface area contributed by atoms with Crippen molar-refractivity contribution in [2.45, 2.75) is 0 Å². The van der Waals surface area contributed by atoms with Gasteiger partial charge in [-0.1, -0.05) is 12.1 Å². The minimum atomic E-state index is -0.489. The number of hydrogen-bond acceptors (Lipinski definition) is 4. The van der Waals surface area contributed by atoms with Crippen LogP contribution in [-0.4, -0.2) is 15.9 Å². The maximum Gasteiger partial charge on any atom is 0.251 e. The zero-order chi connectivity index (χ0) is 12.5. The molecule has 2 aromatic heterocycles. The van der Waals surface area contributed by atoms with Gasteiger partial charge in [-0.2, -0.15) is 0 Å². The molecule has 1 aromatic carbocycles. The van der Waals surface area contributed by atoms with Crippen LogP contribution < -0.4 is 5.73 Å². The Morgan fingerprint density at radius 1 is 1.17 bits per heavy atom. The van der Waals surface area contributed by atoms with Crippen LogP contribution in [0.3, 0.4) is 0 Å². The van der Waals surface area contributed by atoms with Gasteiger partial charge >= 0.3 is 0 Å². The number of benzene rings is 1.